The Morgan fingerprint density at radius 1 is 1.19 bits per heavy atom. The molecule has 0 unspecified atom stereocenters. The Morgan fingerprint density at radius 2 is 1.81 bits per heavy atom. The van der Waals surface area contributed by atoms with Crippen LogP contribution >= 0.6 is 23.2 Å². The first kappa shape index (κ1) is 11.4. The molecule has 1 N–H and O–H groups in total. The molecule has 1 aromatic rings. The summed E-state index contributed by atoms with van der Waals surface area (Å²) < 4.78 is 9.06. The van der Waals surface area contributed by atoms with Gasteiger partial charge in [0, 0.05) is 11.6 Å². The van der Waals surface area contributed by atoms with Gasteiger partial charge in [-0.1, -0.05) is 23.2 Å². The Morgan fingerprint density at radius 3 is 2.44 bits per heavy atom. The van der Waals surface area contributed by atoms with Gasteiger partial charge in [0.15, 0.2) is 11.5 Å². The Kier molecular flexibility index (Phi) is 2.86. The van der Waals surface area contributed by atoms with E-state index in [1.165, 1.54) is 6.34 Å². The normalized spacial score (nSPS) is 16.2. The van der Waals surface area contributed by atoms with Gasteiger partial charge in [0.1, 0.15) is 0 Å². The van der Waals surface area contributed by atoms with Crippen molar-refractivity contribution >= 4 is 35.2 Å². The van der Waals surface area contributed by atoms with E-state index < -0.39 is 4.46 Å². The van der Waals surface area contributed by atoms with Gasteiger partial charge in [-0.3, -0.25) is 0 Å². The minimum atomic E-state index is -1.29. The van der Waals surface area contributed by atoms with Crippen molar-refractivity contribution in [2.75, 3.05) is 19.5 Å². The zero-order valence-electron chi connectivity index (χ0n) is 8.75. The van der Waals surface area contributed by atoms with E-state index in [1.807, 2.05) is 0 Å². The molecule has 0 fully saturated rings. The number of alkyl halides is 2. The molecular weight excluding hydrogens is 251 g/mol. The standard InChI is InChI=1S/C10H10Cl2N2O2/c1-15-8-3-6-7(4-9(8)16-2)13-5-14-10(6,11)12/h3-5H,1-2H3,(H,13,14). The molecule has 86 valence electrons. The molecule has 0 saturated heterocycles. The van der Waals surface area contributed by atoms with E-state index in [9.17, 15) is 0 Å². The number of aliphatic imine (C=N–C) groups is 1. The minimum Gasteiger partial charge on any atom is -0.493 e. The Balaban J connectivity index is 2.58. The third-order valence-electron chi connectivity index (χ3n) is 2.29. The lowest BCUT2D eigenvalue weighted by Gasteiger charge is -2.24. The fourth-order valence-corrected chi connectivity index (χ4v) is 1.91. The molecule has 0 aliphatic carbocycles. The fourth-order valence-electron chi connectivity index (χ4n) is 1.50. The fraction of sp³-hybridized carbons (Fsp3) is 0.300. The summed E-state index contributed by atoms with van der Waals surface area (Å²) in [4.78, 5) is 3.93. The van der Waals surface area contributed by atoms with Gasteiger partial charge in [0.25, 0.3) is 0 Å². The number of ether oxygens (including phenoxy) is 2. The second kappa shape index (κ2) is 4.03. The van der Waals surface area contributed by atoms with Crippen LogP contribution in [0.1, 0.15) is 5.56 Å². The first-order valence-corrected chi connectivity index (χ1v) is 5.28. The van der Waals surface area contributed by atoms with Gasteiger partial charge in [-0.05, 0) is 6.07 Å². The largest absolute Gasteiger partial charge is 0.493 e. The highest BCUT2D eigenvalue weighted by molar-refractivity contribution is 6.48. The van der Waals surface area contributed by atoms with Gasteiger partial charge < -0.3 is 14.8 Å². The molecule has 0 spiro atoms. The van der Waals surface area contributed by atoms with Crippen molar-refractivity contribution in [3.05, 3.63) is 17.7 Å². The van der Waals surface area contributed by atoms with Gasteiger partial charge in [0.05, 0.1) is 26.2 Å². The summed E-state index contributed by atoms with van der Waals surface area (Å²) in [5.41, 5.74) is 1.38. The van der Waals surface area contributed by atoms with Crippen molar-refractivity contribution in [2.45, 2.75) is 4.46 Å². The molecule has 4 nitrogen and oxygen atoms in total. The summed E-state index contributed by atoms with van der Waals surface area (Å²) in [7, 11) is 3.11. The van der Waals surface area contributed by atoms with Crippen LogP contribution in [-0.4, -0.2) is 20.6 Å². The number of fused-ring (bicyclic) bond motifs is 1. The predicted molar refractivity (Wildman–Crippen MR) is 65.0 cm³/mol. The first-order chi connectivity index (χ1) is 7.58. The van der Waals surface area contributed by atoms with Crippen LogP contribution in [0.25, 0.3) is 0 Å². The quantitative estimate of drug-likeness (QED) is 0.657. The van der Waals surface area contributed by atoms with Crippen molar-refractivity contribution < 1.29 is 9.47 Å². The molecule has 2 rings (SSSR count). The summed E-state index contributed by atoms with van der Waals surface area (Å²) >= 11 is 12.1. The molecule has 0 atom stereocenters. The zero-order valence-corrected chi connectivity index (χ0v) is 10.3. The monoisotopic (exact) mass is 260 g/mol. The first-order valence-electron chi connectivity index (χ1n) is 4.53. The molecule has 0 aromatic heterocycles. The summed E-state index contributed by atoms with van der Waals surface area (Å²) in [6.45, 7) is 0. The van der Waals surface area contributed by atoms with Gasteiger partial charge in [0.2, 0.25) is 4.46 Å². The second-order valence-electron chi connectivity index (χ2n) is 3.20. The molecule has 1 aliphatic heterocycles. The predicted octanol–water partition coefficient (Wildman–Crippen LogP) is 2.75. The number of nitrogens with zero attached hydrogens (tertiary/aromatic N) is 1. The molecule has 0 amide bonds. The number of methoxy groups -OCH3 is 2. The van der Waals surface area contributed by atoms with E-state index in [4.69, 9.17) is 32.7 Å². The molecule has 0 saturated carbocycles. The molecular formula is C10H10Cl2N2O2. The summed E-state index contributed by atoms with van der Waals surface area (Å²) in [6.07, 6.45) is 1.45. The maximum Gasteiger partial charge on any atom is 0.237 e. The van der Waals surface area contributed by atoms with Crippen LogP contribution in [0.2, 0.25) is 0 Å². The molecule has 6 heteroatoms. The van der Waals surface area contributed by atoms with E-state index in [2.05, 4.69) is 10.3 Å². The highest BCUT2D eigenvalue weighted by atomic mass is 35.5. The maximum absolute atomic E-state index is 6.06. The van der Waals surface area contributed by atoms with Crippen molar-refractivity contribution in [3.63, 3.8) is 0 Å². The topological polar surface area (TPSA) is 42.9 Å². The number of rotatable bonds is 2. The number of halogens is 2. The highest BCUT2D eigenvalue weighted by Gasteiger charge is 2.32. The van der Waals surface area contributed by atoms with E-state index in [0.29, 0.717) is 17.1 Å². The third kappa shape index (κ3) is 1.79. The molecule has 0 bridgehead atoms. The average Bonchev–Trinajstić information content (AvgIpc) is 2.27. The summed E-state index contributed by atoms with van der Waals surface area (Å²) in [6, 6.07) is 3.47. The lowest BCUT2D eigenvalue weighted by atomic mass is 10.1. The average molecular weight is 261 g/mol. The van der Waals surface area contributed by atoms with Crippen LogP contribution in [0.4, 0.5) is 5.69 Å². The Bertz CT molecular complexity index is 447. The van der Waals surface area contributed by atoms with Crippen molar-refractivity contribution in [3.8, 4) is 11.5 Å². The Labute approximate surface area is 103 Å². The van der Waals surface area contributed by atoms with Gasteiger partial charge in [-0.25, -0.2) is 4.99 Å². The smallest absolute Gasteiger partial charge is 0.237 e. The van der Waals surface area contributed by atoms with Gasteiger partial charge in [-0.15, -0.1) is 0 Å². The SMILES string of the molecule is COc1cc2c(cc1OC)C(Cl)(Cl)N=CN2. The highest BCUT2D eigenvalue weighted by Crippen LogP contribution is 2.45. The zero-order chi connectivity index (χ0) is 11.8. The lowest BCUT2D eigenvalue weighted by molar-refractivity contribution is 0.354. The van der Waals surface area contributed by atoms with Crippen LogP contribution in [0.15, 0.2) is 17.1 Å². The van der Waals surface area contributed by atoms with Crippen LogP contribution < -0.4 is 14.8 Å². The van der Waals surface area contributed by atoms with Crippen LogP contribution in [0.3, 0.4) is 0 Å². The van der Waals surface area contributed by atoms with Crippen molar-refractivity contribution in [2.24, 2.45) is 4.99 Å². The number of benzene rings is 1. The third-order valence-corrected chi connectivity index (χ3v) is 2.90. The number of nitrogens with one attached hydrogen (secondary N) is 1. The van der Waals surface area contributed by atoms with Gasteiger partial charge >= 0.3 is 0 Å². The summed E-state index contributed by atoms with van der Waals surface area (Å²) in [5.74, 6) is 1.17. The maximum atomic E-state index is 6.06. The van der Waals surface area contributed by atoms with E-state index in [1.54, 1.807) is 26.4 Å². The second-order valence-corrected chi connectivity index (χ2v) is 4.48. The van der Waals surface area contributed by atoms with E-state index >= 15 is 0 Å². The van der Waals surface area contributed by atoms with Crippen LogP contribution in [-0.2, 0) is 4.46 Å². The number of hydrogen-bond acceptors (Lipinski definition) is 4. The number of hydrogen-bond donors (Lipinski definition) is 1. The van der Waals surface area contributed by atoms with Crippen LogP contribution in [0.5, 0.6) is 11.5 Å². The lowest BCUT2D eigenvalue weighted by Crippen LogP contribution is -2.18. The molecule has 16 heavy (non-hydrogen) atoms. The summed E-state index contributed by atoms with van der Waals surface area (Å²) in [5, 5.41) is 2.95. The van der Waals surface area contributed by atoms with Crippen LogP contribution in [0, 0.1) is 0 Å². The van der Waals surface area contributed by atoms with Crippen molar-refractivity contribution in [1.82, 2.24) is 0 Å². The van der Waals surface area contributed by atoms with Crippen molar-refractivity contribution in [1.29, 1.82) is 0 Å². The minimum absolute atomic E-state index is 0.561. The van der Waals surface area contributed by atoms with E-state index in [0.717, 1.165) is 5.69 Å². The van der Waals surface area contributed by atoms with Gasteiger partial charge in [-0.2, -0.15) is 0 Å². The van der Waals surface area contributed by atoms with E-state index in [-0.39, 0.29) is 0 Å². The molecule has 1 aromatic carbocycles. The molecule has 0 radical (unpaired) electrons. The number of anilines is 1. The molecule has 1 aliphatic rings. The Hall–Kier alpha value is -1.13. The molecule has 1 heterocycles.